The highest BCUT2D eigenvalue weighted by Gasteiger charge is 2.15. The molecule has 1 amide bonds. The summed E-state index contributed by atoms with van der Waals surface area (Å²) in [7, 11) is 0. The van der Waals surface area contributed by atoms with Gasteiger partial charge in [-0.2, -0.15) is 0 Å². The van der Waals surface area contributed by atoms with E-state index in [4.69, 9.17) is 11.6 Å². The normalized spacial score (nSPS) is 12.3. The lowest BCUT2D eigenvalue weighted by molar-refractivity contribution is 0.0935. The molecule has 4 nitrogen and oxygen atoms in total. The fourth-order valence-corrected chi connectivity index (χ4v) is 2.59. The first-order chi connectivity index (χ1) is 10.5. The van der Waals surface area contributed by atoms with E-state index in [2.05, 4.69) is 10.3 Å². The molecule has 22 heavy (non-hydrogen) atoms. The van der Waals surface area contributed by atoms with Gasteiger partial charge in [0.25, 0.3) is 5.91 Å². The number of amides is 1. The van der Waals surface area contributed by atoms with Crippen LogP contribution in [-0.4, -0.2) is 15.3 Å². The summed E-state index contributed by atoms with van der Waals surface area (Å²) in [5.41, 5.74) is 3.16. The Balaban J connectivity index is 1.82. The first-order valence-electron chi connectivity index (χ1n) is 7.05. The molecule has 1 atom stereocenters. The van der Waals surface area contributed by atoms with E-state index >= 15 is 0 Å². The van der Waals surface area contributed by atoms with Gasteiger partial charge in [0, 0.05) is 16.9 Å². The Morgan fingerprint density at radius 1 is 1.27 bits per heavy atom. The van der Waals surface area contributed by atoms with Gasteiger partial charge in [0.1, 0.15) is 11.3 Å². The molecule has 1 N–H and O–H groups in total. The molecule has 0 fully saturated rings. The van der Waals surface area contributed by atoms with Crippen LogP contribution >= 0.6 is 11.6 Å². The number of carbonyl (C=O) groups is 1. The Hall–Kier alpha value is -2.33. The van der Waals surface area contributed by atoms with Crippen molar-refractivity contribution in [3.8, 4) is 0 Å². The molecule has 0 aliphatic heterocycles. The topological polar surface area (TPSA) is 46.4 Å². The maximum atomic E-state index is 12.4. The third-order valence-electron chi connectivity index (χ3n) is 3.62. The third-order valence-corrected chi connectivity index (χ3v) is 3.86. The van der Waals surface area contributed by atoms with Crippen LogP contribution in [0.4, 0.5) is 0 Å². The van der Waals surface area contributed by atoms with Gasteiger partial charge in [-0.05, 0) is 43.7 Å². The van der Waals surface area contributed by atoms with Gasteiger partial charge in [-0.1, -0.05) is 29.8 Å². The molecule has 1 unspecified atom stereocenters. The second kappa shape index (κ2) is 5.81. The summed E-state index contributed by atoms with van der Waals surface area (Å²) in [5.74, 6) is -0.199. The quantitative estimate of drug-likeness (QED) is 0.799. The highest BCUT2D eigenvalue weighted by atomic mass is 35.5. The number of hydrogen-bond acceptors (Lipinski definition) is 2. The minimum atomic E-state index is -0.199. The summed E-state index contributed by atoms with van der Waals surface area (Å²) in [4.78, 5) is 16.7. The fourth-order valence-electron chi connectivity index (χ4n) is 2.39. The van der Waals surface area contributed by atoms with Crippen molar-refractivity contribution in [1.29, 1.82) is 0 Å². The molecule has 0 saturated heterocycles. The van der Waals surface area contributed by atoms with Crippen molar-refractivity contribution in [1.82, 2.24) is 14.7 Å². The van der Waals surface area contributed by atoms with Crippen molar-refractivity contribution in [3.63, 3.8) is 0 Å². The van der Waals surface area contributed by atoms with Gasteiger partial charge in [0.15, 0.2) is 0 Å². The summed E-state index contributed by atoms with van der Waals surface area (Å²) in [5, 5.41) is 3.60. The molecule has 3 aromatic rings. The third kappa shape index (κ3) is 2.83. The number of rotatable bonds is 3. The largest absolute Gasteiger partial charge is 0.344 e. The van der Waals surface area contributed by atoms with Crippen LogP contribution in [0.5, 0.6) is 0 Å². The lowest BCUT2D eigenvalue weighted by atomic mass is 10.1. The molecule has 0 spiro atoms. The van der Waals surface area contributed by atoms with E-state index in [1.165, 1.54) is 0 Å². The van der Waals surface area contributed by atoms with E-state index in [1.807, 2.05) is 60.7 Å². The van der Waals surface area contributed by atoms with Gasteiger partial charge in [-0.15, -0.1) is 0 Å². The number of carbonyl (C=O) groups excluding carboxylic acids is 1. The van der Waals surface area contributed by atoms with Crippen LogP contribution in [-0.2, 0) is 0 Å². The zero-order valence-electron chi connectivity index (χ0n) is 12.4. The molecule has 1 aromatic carbocycles. The van der Waals surface area contributed by atoms with E-state index in [9.17, 15) is 4.79 Å². The van der Waals surface area contributed by atoms with Crippen molar-refractivity contribution in [2.24, 2.45) is 0 Å². The molecular weight excluding hydrogens is 298 g/mol. The van der Waals surface area contributed by atoms with Gasteiger partial charge in [0.05, 0.1) is 6.04 Å². The number of imidazole rings is 1. The number of halogens is 1. The first kappa shape index (κ1) is 14.6. The predicted octanol–water partition coefficient (Wildman–Crippen LogP) is 3.79. The van der Waals surface area contributed by atoms with Gasteiger partial charge in [-0.3, -0.25) is 4.79 Å². The van der Waals surface area contributed by atoms with E-state index in [1.54, 1.807) is 6.20 Å². The Morgan fingerprint density at radius 3 is 2.77 bits per heavy atom. The smallest absolute Gasteiger partial charge is 0.271 e. The zero-order valence-corrected chi connectivity index (χ0v) is 13.1. The average molecular weight is 314 g/mol. The number of fused-ring (bicyclic) bond motifs is 1. The summed E-state index contributed by atoms with van der Waals surface area (Å²) in [6.07, 6.45) is 1.75. The van der Waals surface area contributed by atoms with Crippen LogP contribution in [0.25, 0.3) is 5.65 Å². The van der Waals surface area contributed by atoms with Gasteiger partial charge < -0.3 is 9.72 Å². The lowest BCUT2D eigenvalue weighted by Crippen LogP contribution is -2.26. The minimum absolute atomic E-state index is 0.142. The maximum Gasteiger partial charge on any atom is 0.271 e. The predicted molar refractivity (Wildman–Crippen MR) is 87.3 cm³/mol. The number of benzene rings is 1. The van der Waals surface area contributed by atoms with Gasteiger partial charge in [0.2, 0.25) is 0 Å². The van der Waals surface area contributed by atoms with Gasteiger partial charge in [-0.25, -0.2) is 4.98 Å². The Bertz CT molecular complexity index is 841. The molecule has 112 valence electrons. The maximum absolute atomic E-state index is 12.4. The van der Waals surface area contributed by atoms with Crippen LogP contribution < -0.4 is 5.32 Å². The summed E-state index contributed by atoms with van der Waals surface area (Å²) < 4.78 is 1.90. The molecule has 2 aromatic heterocycles. The highest BCUT2D eigenvalue weighted by molar-refractivity contribution is 6.30. The van der Waals surface area contributed by atoms with E-state index < -0.39 is 0 Å². The molecule has 0 radical (unpaired) electrons. The molecule has 0 aliphatic rings. The van der Waals surface area contributed by atoms with Crippen molar-refractivity contribution < 1.29 is 4.79 Å². The Morgan fingerprint density at radius 2 is 2.05 bits per heavy atom. The van der Waals surface area contributed by atoms with Crippen molar-refractivity contribution in [3.05, 3.63) is 70.6 Å². The molecule has 5 heteroatoms. The number of aromatic nitrogens is 2. The van der Waals surface area contributed by atoms with Crippen LogP contribution in [0.15, 0.2) is 48.7 Å². The number of aryl methyl sites for hydroxylation is 1. The highest BCUT2D eigenvalue weighted by Crippen LogP contribution is 2.18. The van der Waals surface area contributed by atoms with Crippen molar-refractivity contribution >= 4 is 23.2 Å². The number of nitrogens with zero attached hydrogens (tertiary/aromatic N) is 2. The molecule has 0 bridgehead atoms. The molecule has 3 rings (SSSR count). The number of hydrogen-bond donors (Lipinski definition) is 1. The Kier molecular flexibility index (Phi) is 3.86. The van der Waals surface area contributed by atoms with Gasteiger partial charge >= 0.3 is 0 Å². The van der Waals surface area contributed by atoms with E-state index in [-0.39, 0.29) is 11.9 Å². The van der Waals surface area contributed by atoms with Crippen LogP contribution in [0, 0.1) is 6.92 Å². The molecule has 0 saturated carbocycles. The second-order valence-electron chi connectivity index (χ2n) is 5.27. The van der Waals surface area contributed by atoms with E-state index in [0.29, 0.717) is 10.7 Å². The van der Waals surface area contributed by atoms with Crippen LogP contribution in [0.2, 0.25) is 5.02 Å². The summed E-state index contributed by atoms with van der Waals surface area (Å²) in [6.45, 7) is 3.90. The number of pyridine rings is 1. The van der Waals surface area contributed by atoms with E-state index in [0.717, 1.165) is 16.9 Å². The zero-order chi connectivity index (χ0) is 15.7. The van der Waals surface area contributed by atoms with Crippen molar-refractivity contribution in [2.45, 2.75) is 19.9 Å². The summed E-state index contributed by atoms with van der Waals surface area (Å²) in [6, 6.07) is 13.1. The second-order valence-corrected chi connectivity index (χ2v) is 5.71. The monoisotopic (exact) mass is 313 g/mol. The molecule has 0 aliphatic carbocycles. The SMILES string of the molecule is Cc1cccc2nc(C(=O)NC(C)c3cccc(Cl)c3)cn12. The van der Waals surface area contributed by atoms with Crippen LogP contribution in [0.3, 0.4) is 0 Å². The molecule has 2 heterocycles. The average Bonchev–Trinajstić information content (AvgIpc) is 2.93. The first-order valence-corrected chi connectivity index (χ1v) is 7.43. The van der Waals surface area contributed by atoms with Crippen molar-refractivity contribution in [2.75, 3.05) is 0 Å². The fraction of sp³-hybridized carbons (Fsp3) is 0.176. The Labute approximate surface area is 133 Å². The number of nitrogens with one attached hydrogen (secondary N) is 1. The summed E-state index contributed by atoms with van der Waals surface area (Å²) >= 11 is 5.98. The van der Waals surface area contributed by atoms with Crippen LogP contribution in [0.1, 0.15) is 34.7 Å². The standard InChI is InChI=1S/C17H16ClN3O/c1-11-5-3-8-16-20-15(10-21(11)16)17(22)19-12(2)13-6-4-7-14(18)9-13/h3-10,12H,1-2H3,(H,19,22). The lowest BCUT2D eigenvalue weighted by Gasteiger charge is -2.13. The minimum Gasteiger partial charge on any atom is -0.344 e. The molecular formula is C17H16ClN3O.